The van der Waals surface area contributed by atoms with Crippen molar-refractivity contribution in [2.45, 2.75) is 58.0 Å². The zero-order valence-electron chi connectivity index (χ0n) is 12.7. The van der Waals surface area contributed by atoms with Crippen molar-refractivity contribution in [3.05, 3.63) is 23.8 Å². The Balaban J connectivity index is 1.87. The summed E-state index contributed by atoms with van der Waals surface area (Å²) in [5.41, 5.74) is 1.15. The van der Waals surface area contributed by atoms with Gasteiger partial charge in [0.15, 0.2) is 11.5 Å². The van der Waals surface area contributed by atoms with Crippen LogP contribution in [0.15, 0.2) is 18.2 Å². The highest BCUT2D eigenvalue weighted by atomic mass is 16.5. The Morgan fingerprint density at radius 1 is 1.25 bits per heavy atom. The number of hydrogen-bond acceptors (Lipinski definition) is 3. The lowest BCUT2D eigenvalue weighted by Gasteiger charge is -2.23. The monoisotopic (exact) mass is 277 g/mol. The molecule has 1 atom stereocenters. The maximum atomic E-state index is 9.60. The fourth-order valence-corrected chi connectivity index (χ4v) is 3.09. The van der Waals surface area contributed by atoms with E-state index in [0.29, 0.717) is 11.8 Å². The van der Waals surface area contributed by atoms with Crippen LogP contribution in [0.3, 0.4) is 0 Å². The van der Waals surface area contributed by atoms with Crippen molar-refractivity contribution in [2.75, 3.05) is 7.11 Å². The first-order chi connectivity index (χ1) is 9.70. The number of hydrogen-bond donors (Lipinski definition) is 2. The van der Waals surface area contributed by atoms with Gasteiger partial charge in [0.05, 0.1) is 7.11 Å². The van der Waals surface area contributed by atoms with Gasteiger partial charge in [0.2, 0.25) is 0 Å². The molecule has 0 spiro atoms. The lowest BCUT2D eigenvalue weighted by molar-refractivity contribution is 0.336. The molecular formula is C17H27NO2. The molecule has 0 aromatic heterocycles. The molecule has 0 aliphatic heterocycles. The topological polar surface area (TPSA) is 41.5 Å². The van der Waals surface area contributed by atoms with Gasteiger partial charge in [-0.05, 0) is 43.4 Å². The molecule has 1 aliphatic carbocycles. The average Bonchev–Trinajstić information content (AvgIpc) is 2.75. The van der Waals surface area contributed by atoms with Crippen molar-refractivity contribution >= 4 is 0 Å². The van der Waals surface area contributed by atoms with E-state index in [1.807, 2.05) is 12.1 Å². The molecule has 0 radical (unpaired) electrons. The number of phenols is 1. The number of rotatable bonds is 5. The SMILES string of the molecule is COc1cc(CN[C@@H](C)C2CCCCCC2)ccc1O. The molecule has 1 saturated carbocycles. The standard InChI is InChI=1S/C17H27NO2/c1-13(15-7-5-3-4-6-8-15)18-12-14-9-10-16(19)17(11-14)20-2/h9-11,13,15,18-19H,3-8,12H2,1-2H3/t13-/m0/s1. The van der Waals surface area contributed by atoms with Gasteiger partial charge in [0.25, 0.3) is 0 Å². The highest BCUT2D eigenvalue weighted by Crippen LogP contribution is 2.27. The third-order valence-corrected chi connectivity index (χ3v) is 4.48. The molecule has 1 aromatic carbocycles. The third-order valence-electron chi connectivity index (χ3n) is 4.48. The van der Waals surface area contributed by atoms with Gasteiger partial charge in [-0.15, -0.1) is 0 Å². The number of methoxy groups -OCH3 is 1. The fourth-order valence-electron chi connectivity index (χ4n) is 3.09. The van der Waals surface area contributed by atoms with Crippen LogP contribution in [0, 0.1) is 5.92 Å². The molecule has 1 aromatic rings. The highest BCUT2D eigenvalue weighted by molar-refractivity contribution is 5.41. The number of aromatic hydroxyl groups is 1. The summed E-state index contributed by atoms with van der Waals surface area (Å²) >= 11 is 0. The van der Waals surface area contributed by atoms with Crippen molar-refractivity contribution in [3.63, 3.8) is 0 Å². The molecule has 1 fully saturated rings. The number of phenolic OH excluding ortho intramolecular Hbond substituents is 1. The summed E-state index contributed by atoms with van der Waals surface area (Å²) in [4.78, 5) is 0. The van der Waals surface area contributed by atoms with Crippen LogP contribution in [0.5, 0.6) is 11.5 Å². The van der Waals surface area contributed by atoms with Gasteiger partial charge >= 0.3 is 0 Å². The average molecular weight is 277 g/mol. The van der Waals surface area contributed by atoms with Gasteiger partial charge in [-0.3, -0.25) is 0 Å². The molecule has 0 unspecified atom stereocenters. The van der Waals surface area contributed by atoms with Crippen molar-refractivity contribution in [1.82, 2.24) is 5.32 Å². The van der Waals surface area contributed by atoms with Gasteiger partial charge in [-0.1, -0.05) is 31.7 Å². The minimum absolute atomic E-state index is 0.202. The molecule has 1 aliphatic rings. The Hall–Kier alpha value is -1.22. The predicted octanol–water partition coefficient (Wildman–Crippen LogP) is 3.85. The van der Waals surface area contributed by atoms with Gasteiger partial charge < -0.3 is 15.2 Å². The van der Waals surface area contributed by atoms with E-state index in [1.54, 1.807) is 13.2 Å². The molecule has 0 heterocycles. The Labute approximate surface area is 122 Å². The number of ether oxygens (including phenoxy) is 1. The van der Waals surface area contributed by atoms with Gasteiger partial charge in [-0.25, -0.2) is 0 Å². The normalized spacial score (nSPS) is 18.5. The van der Waals surface area contributed by atoms with E-state index in [9.17, 15) is 5.11 Å². The largest absolute Gasteiger partial charge is 0.504 e. The third kappa shape index (κ3) is 4.14. The molecular weight excluding hydrogens is 250 g/mol. The van der Waals surface area contributed by atoms with E-state index in [4.69, 9.17) is 4.74 Å². The van der Waals surface area contributed by atoms with Crippen LogP contribution in [0.2, 0.25) is 0 Å². The first kappa shape index (κ1) is 15.2. The zero-order valence-corrected chi connectivity index (χ0v) is 12.7. The molecule has 3 nitrogen and oxygen atoms in total. The van der Waals surface area contributed by atoms with Crippen LogP contribution >= 0.6 is 0 Å². The highest BCUT2D eigenvalue weighted by Gasteiger charge is 2.18. The lowest BCUT2D eigenvalue weighted by atomic mass is 9.93. The molecule has 0 bridgehead atoms. The summed E-state index contributed by atoms with van der Waals surface area (Å²) in [6.07, 6.45) is 8.27. The Bertz CT molecular complexity index is 411. The van der Waals surface area contributed by atoms with E-state index in [0.717, 1.165) is 18.0 Å². The van der Waals surface area contributed by atoms with E-state index in [2.05, 4.69) is 12.2 Å². The molecule has 2 N–H and O–H groups in total. The van der Waals surface area contributed by atoms with Gasteiger partial charge in [0.1, 0.15) is 0 Å². The summed E-state index contributed by atoms with van der Waals surface area (Å²) in [6, 6.07) is 6.10. The summed E-state index contributed by atoms with van der Waals surface area (Å²) in [6.45, 7) is 3.13. The minimum Gasteiger partial charge on any atom is -0.504 e. The molecule has 3 heteroatoms. The van der Waals surface area contributed by atoms with Gasteiger partial charge in [0, 0.05) is 12.6 Å². The second-order valence-electron chi connectivity index (χ2n) is 5.93. The first-order valence-electron chi connectivity index (χ1n) is 7.80. The predicted molar refractivity (Wildman–Crippen MR) is 82.2 cm³/mol. The Kier molecular flexibility index (Phi) is 5.72. The summed E-state index contributed by atoms with van der Waals surface area (Å²) < 4.78 is 5.15. The van der Waals surface area contributed by atoms with Crippen LogP contribution in [-0.4, -0.2) is 18.3 Å². The van der Waals surface area contributed by atoms with Crippen molar-refractivity contribution in [2.24, 2.45) is 5.92 Å². The number of benzene rings is 1. The second kappa shape index (κ2) is 7.53. The van der Waals surface area contributed by atoms with Crippen LogP contribution in [0.4, 0.5) is 0 Å². The summed E-state index contributed by atoms with van der Waals surface area (Å²) in [7, 11) is 1.58. The quantitative estimate of drug-likeness (QED) is 0.803. The lowest BCUT2D eigenvalue weighted by Crippen LogP contribution is -2.32. The Morgan fingerprint density at radius 3 is 2.60 bits per heavy atom. The maximum Gasteiger partial charge on any atom is 0.160 e. The molecule has 112 valence electrons. The van der Waals surface area contributed by atoms with Crippen LogP contribution in [0.25, 0.3) is 0 Å². The molecule has 2 rings (SSSR count). The van der Waals surface area contributed by atoms with Crippen LogP contribution in [-0.2, 0) is 6.54 Å². The van der Waals surface area contributed by atoms with Crippen LogP contribution in [0.1, 0.15) is 51.0 Å². The molecule has 0 amide bonds. The van der Waals surface area contributed by atoms with E-state index >= 15 is 0 Å². The minimum atomic E-state index is 0.202. The van der Waals surface area contributed by atoms with Gasteiger partial charge in [-0.2, -0.15) is 0 Å². The van der Waals surface area contributed by atoms with Crippen molar-refractivity contribution in [3.8, 4) is 11.5 Å². The summed E-state index contributed by atoms with van der Waals surface area (Å²) in [5, 5.41) is 13.2. The second-order valence-corrected chi connectivity index (χ2v) is 5.93. The maximum absolute atomic E-state index is 9.60. The Morgan fingerprint density at radius 2 is 1.95 bits per heavy atom. The van der Waals surface area contributed by atoms with Crippen molar-refractivity contribution in [1.29, 1.82) is 0 Å². The summed E-state index contributed by atoms with van der Waals surface area (Å²) in [5.74, 6) is 1.55. The molecule has 20 heavy (non-hydrogen) atoms. The number of nitrogens with one attached hydrogen (secondary N) is 1. The fraction of sp³-hybridized carbons (Fsp3) is 0.647. The van der Waals surface area contributed by atoms with E-state index in [-0.39, 0.29) is 5.75 Å². The first-order valence-corrected chi connectivity index (χ1v) is 7.80. The van der Waals surface area contributed by atoms with E-state index in [1.165, 1.54) is 38.5 Å². The zero-order chi connectivity index (χ0) is 14.4. The smallest absolute Gasteiger partial charge is 0.160 e. The molecule has 0 saturated heterocycles. The van der Waals surface area contributed by atoms with E-state index < -0.39 is 0 Å². The van der Waals surface area contributed by atoms with Crippen LogP contribution < -0.4 is 10.1 Å². The van der Waals surface area contributed by atoms with Crippen molar-refractivity contribution < 1.29 is 9.84 Å².